The Bertz CT molecular complexity index is 348. The average Bonchev–Trinajstić information content (AvgIpc) is 2.66. The van der Waals surface area contributed by atoms with E-state index in [1.54, 1.807) is 0 Å². The van der Waals surface area contributed by atoms with E-state index >= 15 is 0 Å². The van der Waals surface area contributed by atoms with E-state index in [4.69, 9.17) is 4.74 Å². The first-order chi connectivity index (χ1) is 7.75. The highest BCUT2D eigenvalue weighted by Crippen LogP contribution is 2.27. The van der Waals surface area contributed by atoms with Crippen molar-refractivity contribution in [3.05, 3.63) is 42.0 Å². The summed E-state index contributed by atoms with van der Waals surface area (Å²) < 4.78 is 5.83. The van der Waals surface area contributed by atoms with Gasteiger partial charge in [0, 0.05) is 13.0 Å². The van der Waals surface area contributed by atoms with Crippen LogP contribution in [0.3, 0.4) is 0 Å². The number of fused-ring (bicyclic) bond motifs is 1. The molecule has 1 N–H and O–H groups in total. The number of ether oxygens (including phenoxy) is 1. The summed E-state index contributed by atoms with van der Waals surface area (Å²) >= 11 is 0. The van der Waals surface area contributed by atoms with E-state index in [1.807, 2.05) is 12.1 Å². The summed E-state index contributed by atoms with van der Waals surface area (Å²) in [6.45, 7) is 7.85. The lowest BCUT2D eigenvalue weighted by atomic mass is 10.1. The zero-order valence-corrected chi connectivity index (χ0v) is 9.83. The summed E-state index contributed by atoms with van der Waals surface area (Å²) in [6, 6.07) is 8.28. The molecule has 0 aromatic heterocycles. The van der Waals surface area contributed by atoms with Crippen LogP contribution in [0.4, 0.5) is 0 Å². The Kier molecular flexibility index (Phi) is 3.62. The minimum atomic E-state index is 0.294. The van der Waals surface area contributed by atoms with Gasteiger partial charge in [-0.2, -0.15) is 0 Å². The number of benzene rings is 1. The monoisotopic (exact) mass is 217 g/mol. The van der Waals surface area contributed by atoms with Crippen molar-refractivity contribution in [2.45, 2.75) is 25.9 Å². The van der Waals surface area contributed by atoms with Crippen LogP contribution in [0, 0.1) is 0 Å². The molecule has 0 radical (unpaired) electrons. The number of para-hydroxylation sites is 1. The molecule has 1 atom stereocenters. The largest absolute Gasteiger partial charge is 0.488 e. The minimum absolute atomic E-state index is 0.294. The first-order valence-electron chi connectivity index (χ1n) is 5.85. The molecule has 0 bridgehead atoms. The average molecular weight is 217 g/mol. The van der Waals surface area contributed by atoms with Gasteiger partial charge >= 0.3 is 0 Å². The van der Waals surface area contributed by atoms with Crippen LogP contribution in [0.25, 0.3) is 0 Å². The van der Waals surface area contributed by atoms with Crippen molar-refractivity contribution in [2.24, 2.45) is 0 Å². The van der Waals surface area contributed by atoms with Crippen molar-refractivity contribution in [3.63, 3.8) is 0 Å². The Morgan fingerprint density at radius 3 is 3.06 bits per heavy atom. The molecule has 1 aliphatic heterocycles. The lowest BCUT2D eigenvalue weighted by Gasteiger charge is -2.11. The maximum Gasteiger partial charge on any atom is 0.123 e. The van der Waals surface area contributed by atoms with Crippen LogP contribution in [0.2, 0.25) is 0 Å². The molecule has 1 heterocycles. The number of hydrogen-bond acceptors (Lipinski definition) is 2. The molecule has 1 aromatic rings. The van der Waals surface area contributed by atoms with E-state index in [0.29, 0.717) is 6.10 Å². The zero-order valence-electron chi connectivity index (χ0n) is 9.83. The topological polar surface area (TPSA) is 21.3 Å². The fraction of sp³-hybridized carbons (Fsp3) is 0.429. The molecular formula is C14H19NO. The molecule has 0 fully saturated rings. The highest BCUT2D eigenvalue weighted by Gasteiger charge is 2.21. The van der Waals surface area contributed by atoms with Crippen molar-refractivity contribution in [1.82, 2.24) is 5.32 Å². The first kappa shape index (κ1) is 11.2. The fourth-order valence-electron chi connectivity index (χ4n) is 1.93. The minimum Gasteiger partial charge on any atom is -0.488 e. The van der Waals surface area contributed by atoms with Gasteiger partial charge in [0.2, 0.25) is 0 Å². The quantitative estimate of drug-likeness (QED) is 0.604. The highest BCUT2D eigenvalue weighted by molar-refractivity contribution is 5.37. The molecule has 0 spiro atoms. The van der Waals surface area contributed by atoms with Gasteiger partial charge in [-0.05, 0) is 31.5 Å². The van der Waals surface area contributed by atoms with E-state index in [9.17, 15) is 0 Å². The predicted octanol–water partition coefficient (Wildman–Crippen LogP) is 2.55. The summed E-state index contributed by atoms with van der Waals surface area (Å²) in [5, 5.41) is 3.41. The Morgan fingerprint density at radius 2 is 2.31 bits per heavy atom. The SMILES string of the molecule is C=C(C)CCNCC1Cc2ccccc2O1. The predicted molar refractivity (Wildman–Crippen MR) is 66.9 cm³/mol. The molecule has 1 aromatic carbocycles. The second-order valence-electron chi connectivity index (χ2n) is 4.46. The van der Waals surface area contributed by atoms with Crippen LogP contribution in [-0.4, -0.2) is 19.2 Å². The maximum absolute atomic E-state index is 5.83. The Morgan fingerprint density at radius 1 is 1.50 bits per heavy atom. The van der Waals surface area contributed by atoms with Crippen molar-refractivity contribution >= 4 is 0 Å². The van der Waals surface area contributed by atoms with Crippen LogP contribution < -0.4 is 10.1 Å². The van der Waals surface area contributed by atoms with E-state index in [0.717, 1.165) is 31.7 Å². The first-order valence-corrected chi connectivity index (χ1v) is 5.85. The second-order valence-corrected chi connectivity index (χ2v) is 4.46. The molecule has 1 aliphatic rings. The molecular weight excluding hydrogens is 198 g/mol. The van der Waals surface area contributed by atoms with Gasteiger partial charge in [0.25, 0.3) is 0 Å². The second kappa shape index (κ2) is 5.17. The zero-order chi connectivity index (χ0) is 11.4. The third-order valence-corrected chi connectivity index (χ3v) is 2.81. The molecule has 2 nitrogen and oxygen atoms in total. The molecule has 2 heteroatoms. The van der Waals surface area contributed by atoms with Crippen molar-refractivity contribution in [1.29, 1.82) is 0 Å². The molecule has 2 rings (SSSR count). The summed E-state index contributed by atoms with van der Waals surface area (Å²) in [7, 11) is 0. The van der Waals surface area contributed by atoms with E-state index in [1.165, 1.54) is 11.1 Å². The van der Waals surface area contributed by atoms with Gasteiger partial charge in [0.1, 0.15) is 11.9 Å². The summed E-state index contributed by atoms with van der Waals surface area (Å²) in [5.74, 6) is 1.05. The van der Waals surface area contributed by atoms with Gasteiger partial charge in [-0.3, -0.25) is 0 Å². The molecule has 86 valence electrons. The van der Waals surface area contributed by atoms with Crippen LogP contribution in [0.5, 0.6) is 5.75 Å². The van der Waals surface area contributed by atoms with Gasteiger partial charge in [-0.1, -0.05) is 23.8 Å². The van der Waals surface area contributed by atoms with E-state index < -0.39 is 0 Å². The van der Waals surface area contributed by atoms with Gasteiger partial charge in [-0.25, -0.2) is 0 Å². The molecule has 1 unspecified atom stereocenters. The third-order valence-electron chi connectivity index (χ3n) is 2.81. The highest BCUT2D eigenvalue weighted by atomic mass is 16.5. The molecule has 0 aliphatic carbocycles. The molecule has 16 heavy (non-hydrogen) atoms. The van der Waals surface area contributed by atoms with E-state index in [2.05, 4.69) is 31.0 Å². The molecule has 0 amide bonds. The van der Waals surface area contributed by atoms with Gasteiger partial charge in [0.05, 0.1) is 0 Å². The summed E-state index contributed by atoms with van der Waals surface area (Å²) in [5.41, 5.74) is 2.55. The van der Waals surface area contributed by atoms with Crippen molar-refractivity contribution in [2.75, 3.05) is 13.1 Å². The summed E-state index contributed by atoms with van der Waals surface area (Å²) in [6.07, 6.45) is 2.36. The van der Waals surface area contributed by atoms with Gasteiger partial charge in [0.15, 0.2) is 0 Å². The normalized spacial score (nSPS) is 17.9. The van der Waals surface area contributed by atoms with Crippen LogP contribution in [0.15, 0.2) is 36.4 Å². The smallest absolute Gasteiger partial charge is 0.123 e. The van der Waals surface area contributed by atoms with E-state index in [-0.39, 0.29) is 0 Å². The molecule has 0 saturated heterocycles. The lowest BCUT2D eigenvalue weighted by molar-refractivity contribution is 0.228. The van der Waals surface area contributed by atoms with Crippen LogP contribution in [0.1, 0.15) is 18.9 Å². The Labute approximate surface area is 97.3 Å². The standard InChI is InChI=1S/C14H19NO/c1-11(2)7-8-15-10-13-9-12-5-3-4-6-14(12)16-13/h3-6,13,15H,1,7-10H2,2H3. The van der Waals surface area contributed by atoms with Crippen molar-refractivity contribution < 1.29 is 4.74 Å². The summed E-state index contributed by atoms with van der Waals surface area (Å²) in [4.78, 5) is 0. The van der Waals surface area contributed by atoms with Crippen LogP contribution >= 0.6 is 0 Å². The lowest BCUT2D eigenvalue weighted by Crippen LogP contribution is -2.30. The fourth-order valence-corrected chi connectivity index (χ4v) is 1.93. The number of hydrogen-bond donors (Lipinski definition) is 1. The van der Waals surface area contributed by atoms with Crippen molar-refractivity contribution in [3.8, 4) is 5.75 Å². The Hall–Kier alpha value is -1.28. The van der Waals surface area contributed by atoms with Crippen LogP contribution in [-0.2, 0) is 6.42 Å². The number of rotatable bonds is 5. The van der Waals surface area contributed by atoms with Gasteiger partial charge in [-0.15, -0.1) is 6.58 Å². The van der Waals surface area contributed by atoms with Gasteiger partial charge < -0.3 is 10.1 Å². The maximum atomic E-state index is 5.83. The third kappa shape index (κ3) is 2.86. The number of nitrogens with one attached hydrogen (secondary N) is 1. The molecule has 0 saturated carbocycles. The Balaban J connectivity index is 1.73.